The lowest BCUT2D eigenvalue weighted by atomic mass is 10.1. The average Bonchev–Trinajstić information content (AvgIpc) is 3.47. The lowest BCUT2D eigenvalue weighted by Gasteiger charge is -2.09. The van der Waals surface area contributed by atoms with E-state index in [1.165, 1.54) is 11.3 Å². The molecule has 5 heterocycles. The van der Waals surface area contributed by atoms with E-state index in [-0.39, 0.29) is 11.9 Å². The molecule has 1 aliphatic heterocycles. The summed E-state index contributed by atoms with van der Waals surface area (Å²) in [5.41, 5.74) is 4.57. The van der Waals surface area contributed by atoms with E-state index in [0.717, 1.165) is 47.4 Å². The highest BCUT2D eigenvalue weighted by Crippen LogP contribution is 2.29. The molecule has 0 saturated carbocycles. The van der Waals surface area contributed by atoms with Crippen molar-refractivity contribution in [2.75, 3.05) is 13.1 Å². The molecule has 142 valence electrons. The number of hydrogen-bond acceptors (Lipinski definition) is 6. The molecule has 5 rings (SSSR count). The van der Waals surface area contributed by atoms with E-state index in [4.69, 9.17) is 0 Å². The van der Waals surface area contributed by atoms with Gasteiger partial charge in [-0.3, -0.25) is 9.48 Å². The van der Waals surface area contributed by atoms with Gasteiger partial charge in [-0.15, -0.1) is 11.3 Å². The van der Waals surface area contributed by atoms with Crippen LogP contribution in [-0.4, -0.2) is 49.4 Å². The van der Waals surface area contributed by atoms with Gasteiger partial charge in [0.2, 0.25) is 0 Å². The SMILES string of the molecule is Cn1cc(-c2cnc3c(-c4csc(C(=O)N[C@H]5CCNC5)c4)cnn3c2)cn1. The summed E-state index contributed by atoms with van der Waals surface area (Å²) >= 11 is 1.44. The lowest BCUT2D eigenvalue weighted by Crippen LogP contribution is -2.35. The van der Waals surface area contributed by atoms with Crippen LogP contribution in [0.3, 0.4) is 0 Å². The minimum Gasteiger partial charge on any atom is -0.347 e. The molecule has 1 amide bonds. The summed E-state index contributed by atoms with van der Waals surface area (Å²) in [4.78, 5) is 17.8. The van der Waals surface area contributed by atoms with Gasteiger partial charge in [-0.2, -0.15) is 10.2 Å². The molecule has 0 aliphatic carbocycles. The number of carbonyl (C=O) groups excluding carboxylic acids is 1. The largest absolute Gasteiger partial charge is 0.347 e. The molecule has 8 nitrogen and oxygen atoms in total. The van der Waals surface area contributed by atoms with E-state index in [1.807, 2.05) is 37.1 Å². The van der Waals surface area contributed by atoms with E-state index >= 15 is 0 Å². The highest BCUT2D eigenvalue weighted by molar-refractivity contribution is 7.12. The van der Waals surface area contributed by atoms with Gasteiger partial charge in [0.15, 0.2) is 5.65 Å². The van der Waals surface area contributed by atoms with Crippen LogP contribution in [0.15, 0.2) is 42.4 Å². The second-order valence-corrected chi connectivity index (χ2v) is 7.85. The molecule has 4 aromatic rings. The van der Waals surface area contributed by atoms with Gasteiger partial charge in [0.05, 0.1) is 17.3 Å². The maximum atomic E-state index is 12.5. The molecule has 0 unspecified atom stereocenters. The Bertz CT molecular complexity index is 1150. The quantitative estimate of drug-likeness (QED) is 0.553. The number of amides is 1. The van der Waals surface area contributed by atoms with Crippen molar-refractivity contribution >= 4 is 22.9 Å². The van der Waals surface area contributed by atoms with Crippen molar-refractivity contribution in [1.82, 2.24) is 35.0 Å². The normalized spacial score (nSPS) is 16.7. The number of aryl methyl sites for hydroxylation is 1. The van der Waals surface area contributed by atoms with Crippen LogP contribution >= 0.6 is 11.3 Å². The predicted octanol–water partition coefficient (Wildman–Crippen LogP) is 1.95. The van der Waals surface area contributed by atoms with Crippen LogP contribution in [0, 0.1) is 0 Å². The molecule has 0 aromatic carbocycles. The Morgan fingerprint density at radius 3 is 2.89 bits per heavy atom. The molecule has 1 saturated heterocycles. The van der Waals surface area contributed by atoms with Crippen LogP contribution in [0.25, 0.3) is 27.9 Å². The van der Waals surface area contributed by atoms with Crippen LogP contribution in [0.4, 0.5) is 0 Å². The molecule has 1 atom stereocenters. The van der Waals surface area contributed by atoms with Gasteiger partial charge in [0.1, 0.15) is 0 Å². The minimum atomic E-state index is -0.0201. The number of fused-ring (bicyclic) bond motifs is 1. The Morgan fingerprint density at radius 2 is 2.11 bits per heavy atom. The van der Waals surface area contributed by atoms with Gasteiger partial charge in [-0.1, -0.05) is 0 Å². The van der Waals surface area contributed by atoms with E-state index in [1.54, 1.807) is 21.6 Å². The standard InChI is InChI=1S/C19H19N7OS/c1-25-9-14(6-22-25)13-5-21-18-16(8-23-26(18)10-13)12-4-17(28-11-12)19(27)24-15-2-3-20-7-15/h4-6,8-11,15,20H,2-3,7H2,1H3,(H,24,27)/t15-/m0/s1. The third-order valence-corrected chi connectivity index (χ3v) is 5.85. The predicted molar refractivity (Wildman–Crippen MR) is 107 cm³/mol. The fourth-order valence-corrected chi connectivity index (χ4v) is 4.24. The van der Waals surface area contributed by atoms with E-state index in [9.17, 15) is 4.79 Å². The molecule has 4 aromatic heterocycles. The van der Waals surface area contributed by atoms with Crippen molar-refractivity contribution in [3.05, 3.63) is 47.3 Å². The Morgan fingerprint density at radius 1 is 1.21 bits per heavy atom. The van der Waals surface area contributed by atoms with Crippen molar-refractivity contribution in [2.45, 2.75) is 12.5 Å². The van der Waals surface area contributed by atoms with Gasteiger partial charge in [-0.05, 0) is 30.0 Å². The summed E-state index contributed by atoms with van der Waals surface area (Å²) in [5, 5.41) is 17.0. The molecule has 9 heteroatoms. The summed E-state index contributed by atoms with van der Waals surface area (Å²) in [7, 11) is 1.88. The Kier molecular flexibility index (Phi) is 4.18. The van der Waals surface area contributed by atoms with Crippen molar-refractivity contribution < 1.29 is 4.79 Å². The number of carbonyl (C=O) groups is 1. The Balaban J connectivity index is 1.42. The fraction of sp³-hybridized carbons (Fsp3) is 0.263. The number of thiophene rings is 1. The first-order valence-electron chi connectivity index (χ1n) is 9.10. The first-order chi connectivity index (χ1) is 13.7. The number of hydrogen-bond donors (Lipinski definition) is 2. The monoisotopic (exact) mass is 393 g/mol. The van der Waals surface area contributed by atoms with E-state index in [0.29, 0.717) is 4.88 Å². The van der Waals surface area contributed by atoms with Gasteiger partial charge in [-0.25, -0.2) is 9.50 Å². The molecule has 1 aliphatic rings. The number of rotatable bonds is 4. The molecular weight excluding hydrogens is 374 g/mol. The van der Waals surface area contributed by atoms with E-state index < -0.39 is 0 Å². The van der Waals surface area contributed by atoms with Gasteiger partial charge in [0, 0.05) is 54.9 Å². The first-order valence-corrected chi connectivity index (χ1v) is 9.98. The Hall–Kier alpha value is -3.04. The molecule has 28 heavy (non-hydrogen) atoms. The minimum absolute atomic E-state index is 0.0201. The lowest BCUT2D eigenvalue weighted by molar-refractivity contribution is 0.0944. The van der Waals surface area contributed by atoms with Crippen LogP contribution < -0.4 is 10.6 Å². The topological polar surface area (TPSA) is 89.1 Å². The van der Waals surface area contributed by atoms with Crippen molar-refractivity contribution in [3.8, 4) is 22.3 Å². The average molecular weight is 393 g/mol. The molecule has 1 fully saturated rings. The number of nitrogens with one attached hydrogen (secondary N) is 2. The third kappa shape index (κ3) is 3.08. The zero-order valence-corrected chi connectivity index (χ0v) is 16.1. The Labute approximate surface area is 165 Å². The third-order valence-electron chi connectivity index (χ3n) is 4.92. The molecule has 0 spiro atoms. The summed E-state index contributed by atoms with van der Waals surface area (Å²) in [6.07, 6.45) is 10.3. The second-order valence-electron chi connectivity index (χ2n) is 6.93. The molecule has 2 N–H and O–H groups in total. The zero-order valence-electron chi connectivity index (χ0n) is 15.3. The van der Waals surface area contributed by atoms with Crippen molar-refractivity contribution in [3.63, 3.8) is 0 Å². The summed E-state index contributed by atoms with van der Waals surface area (Å²) in [6, 6.07) is 2.12. The molecule has 0 radical (unpaired) electrons. The second kappa shape index (κ2) is 6.84. The summed E-state index contributed by atoms with van der Waals surface area (Å²) in [5.74, 6) is -0.0201. The zero-order chi connectivity index (χ0) is 19.1. The molecular formula is C19H19N7OS. The number of aromatic nitrogens is 5. The summed E-state index contributed by atoms with van der Waals surface area (Å²) < 4.78 is 3.52. The van der Waals surface area contributed by atoms with E-state index in [2.05, 4.69) is 25.8 Å². The van der Waals surface area contributed by atoms with Crippen molar-refractivity contribution in [1.29, 1.82) is 0 Å². The molecule has 0 bridgehead atoms. The van der Waals surface area contributed by atoms with Gasteiger partial charge < -0.3 is 10.6 Å². The number of nitrogens with zero attached hydrogens (tertiary/aromatic N) is 5. The maximum absolute atomic E-state index is 12.5. The van der Waals surface area contributed by atoms with Gasteiger partial charge in [0.25, 0.3) is 5.91 Å². The van der Waals surface area contributed by atoms with Crippen molar-refractivity contribution in [2.24, 2.45) is 7.05 Å². The van der Waals surface area contributed by atoms with Crippen LogP contribution in [0.5, 0.6) is 0 Å². The smallest absolute Gasteiger partial charge is 0.261 e. The first kappa shape index (κ1) is 17.1. The highest BCUT2D eigenvalue weighted by Gasteiger charge is 2.19. The van der Waals surface area contributed by atoms with Crippen LogP contribution in [0.1, 0.15) is 16.1 Å². The van der Waals surface area contributed by atoms with Crippen LogP contribution in [0.2, 0.25) is 0 Å². The van der Waals surface area contributed by atoms with Crippen LogP contribution in [-0.2, 0) is 7.05 Å². The summed E-state index contributed by atoms with van der Waals surface area (Å²) in [6.45, 7) is 1.79. The van der Waals surface area contributed by atoms with Gasteiger partial charge >= 0.3 is 0 Å². The maximum Gasteiger partial charge on any atom is 0.261 e. The highest BCUT2D eigenvalue weighted by atomic mass is 32.1. The fourth-order valence-electron chi connectivity index (χ4n) is 3.43.